The smallest absolute Gasteiger partial charge is 0.328 e. The summed E-state index contributed by atoms with van der Waals surface area (Å²) in [5, 5.41) is 2.48. The molecule has 0 aliphatic carbocycles. The number of benzene rings is 1. The van der Waals surface area contributed by atoms with E-state index in [2.05, 4.69) is 10.1 Å². The Morgan fingerprint density at radius 2 is 1.94 bits per heavy atom. The van der Waals surface area contributed by atoms with E-state index in [-0.39, 0.29) is 12.5 Å². The SMILES string of the molecule is COC(=O)C(C)NC(=O)COCc1ccccc1. The van der Waals surface area contributed by atoms with Gasteiger partial charge in [-0.2, -0.15) is 0 Å². The van der Waals surface area contributed by atoms with Crippen molar-refractivity contribution < 1.29 is 19.1 Å². The van der Waals surface area contributed by atoms with Crippen LogP contribution in [-0.2, 0) is 25.7 Å². The fourth-order valence-electron chi connectivity index (χ4n) is 1.35. The number of hydrogen-bond donors (Lipinski definition) is 1. The minimum atomic E-state index is -0.664. The Labute approximate surface area is 106 Å². The summed E-state index contributed by atoms with van der Waals surface area (Å²) < 4.78 is 9.72. The van der Waals surface area contributed by atoms with Crippen molar-refractivity contribution in [3.05, 3.63) is 35.9 Å². The van der Waals surface area contributed by atoms with Crippen LogP contribution in [-0.4, -0.2) is 31.6 Å². The zero-order valence-corrected chi connectivity index (χ0v) is 10.5. The van der Waals surface area contributed by atoms with Gasteiger partial charge in [0.05, 0.1) is 13.7 Å². The third-order valence-electron chi connectivity index (χ3n) is 2.28. The summed E-state index contributed by atoms with van der Waals surface area (Å²) >= 11 is 0. The molecule has 0 heterocycles. The zero-order chi connectivity index (χ0) is 13.4. The molecule has 1 amide bonds. The number of nitrogens with one attached hydrogen (secondary N) is 1. The van der Waals surface area contributed by atoms with Gasteiger partial charge in [0.25, 0.3) is 0 Å². The van der Waals surface area contributed by atoms with E-state index < -0.39 is 12.0 Å². The van der Waals surface area contributed by atoms with Gasteiger partial charge in [0.15, 0.2) is 0 Å². The average Bonchev–Trinajstić information content (AvgIpc) is 2.38. The van der Waals surface area contributed by atoms with Crippen molar-refractivity contribution in [3.63, 3.8) is 0 Å². The van der Waals surface area contributed by atoms with Crippen LogP contribution in [0.3, 0.4) is 0 Å². The topological polar surface area (TPSA) is 64.6 Å². The highest BCUT2D eigenvalue weighted by molar-refractivity contribution is 5.84. The highest BCUT2D eigenvalue weighted by Gasteiger charge is 2.15. The van der Waals surface area contributed by atoms with E-state index >= 15 is 0 Å². The van der Waals surface area contributed by atoms with Crippen LogP contribution in [0.15, 0.2) is 30.3 Å². The Morgan fingerprint density at radius 3 is 2.56 bits per heavy atom. The van der Waals surface area contributed by atoms with E-state index in [1.807, 2.05) is 30.3 Å². The van der Waals surface area contributed by atoms with Crippen LogP contribution in [0.1, 0.15) is 12.5 Å². The van der Waals surface area contributed by atoms with Crippen LogP contribution in [0.25, 0.3) is 0 Å². The van der Waals surface area contributed by atoms with Gasteiger partial charge in [-0.05, 0) is 12.5 Å². The Bertz CT molecular complexity index is 391. The van der Waals surface area contributed by atoms with Crippen molar-refractivity contribution in [3.8, 4) is 0 Å². The van der Waals surface area contributed by atoms with Gasteiger partial charge < -0.3 is 14.8 Å². The predicted octanol–water partition coefficient (Wildman–Crippen LogP) is 0.881. The van der Waals surface area contributed by atoms with Gasteiger partial charge in [-0.25, -0.2) is 4.79 Å². The normalized spacial score (nSPS) is 11.7. The number of carbonyl (C=O) groups is 2. The van der Waals surface area contributed by atoms with Crippen LogP contribution in [0.5, 0.6) is 0 Å². The van der Waals surface area contributed by atoms with Crippen LogP contribution in [0, 0.1) is 0 Å². The summed E-state index contributed by atoms with van der Waals surface area (Å²) in [4.78, 5) is 22.5. The Morgan fingerprint density at radius 1 is 1.28 bits per heavy atom. The molecule has 1 rings (SSSR count). The lowest BCUT2D eigenvalue weighted by atomic mass is 10.2. The first-order chi connectivity index (χ1) is 8.63. The van der Waals surface area contributed by atoms with Gasteiger partial charge in [-0.15, -0.1) is 0 Å². The lowest BCUT2D eigenvalue weighted by Gasteiger charge is -2.11. The third-order valence-corrected chi connectivity index (χ3v) is 2.28. The van der Waals surface area contributed by atoms with Crippen molar-refractivity contribution >= 4 is 11.9 Å². The highest BCUT2D eigenvalue weighted by atomic mass is 16.5. The summed E-state index contributed by atoms with van der Waals surface area (Å²) in [5.74, 6) is -0.824. The first-order valence-electron chi connectivity index (χ1n) is 5.62. The molecule has 1 atom stereocenters. The van der Waals surface area contributed by atoms with Crippen LogP contribution in [0.4, 0.5) is 0 Å². The predicted molar refractivity (Wildman–Crippen MR) is 65.7 cm³/mol. The van der Waals surface area contributed by atoms with E-state index in [4.69, 9.17) is 4.74 Å². The largest absolute Gasteiger partial charge is 0.467 e. The van der Waals surface area contributed by atoms with Gasteiger partial charge in [0.1, 0.15) is 12.6 Å². The van der Waals surface area contributed by atoms with Gasteiger partial charge in [-0.1, -0.05) is 30.3 Å². The molecule has 1 unspecified atom stereocenters. The molecular formula is C13H17NO4. The molecule has 0 aliphatic rings. The van der Waals surface area contributed by atoms with Crippen molar-refractivity contribution in [2.24, 2.45) is 0 Å². The van der Waals surface area contributed by atoms with Crippen LogP contribution < -0.4 is 5.32 Å². The van der Waals surface area contributed by atoms with Crippen molar-refractivity contribution in [1.82, 2.24) is 5.32 Å². The molecule has 0 fully saturated rings. The second-order valence-electron chi connectivity index (χ2n) is 3.79. The molecule has 0 aromatic heterocycles. The standard InChI is InChI=1S/C13H17NO4/c1-10(13(16)17-2)14-12(15)9-18-8-11-6-4-3-5-7-11/h3-7,10H,8-9H2,1-2H3,(H,14,15). The van der Waals surface area contributed by atoms with Gasteiger partial charge >= 0.3 is 5.97 Å². The van der Waals surface area contributed by atoms with Gasteiger partial charge in [-0.3, -0.25) is 4.79 Å². The van der Waals surface area contributed by atoms with E-state index in [1.165, 1.54) is 7.11 Å². The third kappa shape index (κ3) is 4.97. The highest BCUT2D eigenvalue weighted by Crippen LogP contribution is 2.00. The lowest BCUT2D eigenvalue weighted by molar-refractivity contribution is -0.145. The second-order valence-corrected chi connectivity index (χ2v) is 3.79. The lowest BCUT2D eigenvalue weighted by Crippen LogP contribution is -2.40. The number of esters is 1. The minimum absolute atomic E-state index is 0.0871. The molecule has 1 N–H and O–H groups in total. The van der Waals surface area contributed by atoms with E-state index in [9.17, 15) is 9.59 Å². The Kier molecular flexibility index (Phi) is 5.87. The molecule has 0 aliphatic heterocycles. The number of methoxy groups -OCH3 is 1. The van der Waals surface area contributed by atoms with E-state index in [1.54, 1.807) is 6.92 Å². The summed E-state index contributed by atoms with van der Waals surface area (Å²) in [5.41, 5.74) is 0.992. The maximum absolute atomic E-state index is 11.4. The summed E-state index contributed by atoms with van der Waals surface area (Å²) in [6, 6.07) is 8.87. The fourth-order valence-corrected chi connectivity index (χ4v) is 1.35. The molecule has 5 nitrogen and oxygen atoms in total. The maximum Gasteiger partial charge on any atom is 0.328 e. The van der Waals surface area contributed by atoms with E-state index in [0.717, 1.165) is 5.56 Å². The van der Waals surface area contributed by atoms with Gasteiger partial charge in [0, 0.05) is 0 Å². The second kappa shape index (κ2) is 7.45. The molecule has 1 aromatic carbocycles. The molecule has 0 bridgehead atoms. The number of hydrogen-bond acceptors (Lipinski definition) is 4. The van der Waals surface area contributed by atoms with Crippen LogP contribution in [0.2, 0.25) is 0 Å². The minimum Gasteiger partial charge on any atom is -0.467 e. The molecule has 0 radical (unpaired) electrons. The Hall–Kier alpha value is -1.88. The number of carbonyl (C=O) groups excluding carboxylic acids is 2. The fraction of sp³-hybridized carbons (Fsp3) is 0.385. The number of ether oxygens (including phenoxy) is 2. The van der Waals surface area contributed by atoms with Crippen molar-refractivity contribution in [1.29, 1.82) is 0 Å². The summed E-state index contributed by atoms with van der Waals surface area (Å²) in [7, 11) is 1.27. The number of amides is 1. The maximum atomic E-state index is 11.4. The van der Waals surface area contributed by atoms with Crippen molar-refractivity contribution in [2.75, 3.05) is 13.7 Å². The summed E-state index contributed by atoms with van der Waals surface area (Å²) in [6.07, 6.45) is 0. The molecule has 98 valence electrons. The number of rotatable bonds is 6. The first-order valence-corrected chi connectivity index (χ1v) is 5.62. The monoisotopic (exact) mass is 251 g/mol. The molecule has 18 heavy (non-hydrogen) atoms. The average molecular weight is 251 g/mol. The quantitative estimate of drug-likeness (QED) is 0.762. The molecule has 5 heteroatoms. The Balaban J connectivity index is 2.23. The van der Waals surface area contributed by atoms with Gasteiger partial charge in [0.2, 0.25) is 5.91 Å². The molecule has 0 saturated carbocycles. The molecule has 0 spiro atoms. The van der Waals surface area contributed by atoms with E-state index in [0.29, 0.717) is 6.61 Å². The zero-order valence-electron chi connectivity index (χ0n) is 10.5. The summed E-state index contributed by atoms with van der Waals surface area (Å²) in [6.45, 7) is 1.83. The van der Waals surface area contributed by atoms with Crippen LogP contribution >= 0.6 is 0 Å². The molecule has 0 saturated heterocycles. The van der Waals surface area contributed by atoms with Crippen molar-refractivity contribution in [2.45, 2.75) is 19.6 Å². The first kappa shape index (κ1) is 14.2. The molecule has 1 aromatic rings. The molecular weight excluding hydrogens is 234 g/mol.